The highest BCUT2D eigenvalue weighted by Gasteiger charge is 2.34. The van der Waals surface area contributed by atoms with Crippen molar-refractivity contribution in [2.24, 2.45) is 0 Å². The standard InChI is InChI=1S/C47H48F3N5O2/c48-47(49,50)41-21-16-37(17-22-41)20-25-45(56)55(36-40-18-23-43(24-19-40)53-32-30-52(31-33-53)42-14-8-3-9-15-42)44(34-38-10-4-1-5-11-38)46(57)54-28-26-51(27-29-54)35-39-12-6-2-7-13-39/h1-25,44H,26-36H2/b25-20+/t44-/m0/s1. The Kier molecular flexibility index (Phi) is 12.7. The van der Waals surface area contributed by atoms with Gasteiger partial charge in [0.2, 0.25) is 11.8 Å². The molecule has 57 heavy (non-hydrogen) atoms. The Morgan fingerprint density at radius 2 is 1.12 bits per heavy atom. The number of piperazine rings is 2. The van der Waals surface area contributed by atoms with Crippen molar-refractivity contribution < 1.29 is 22.8 Å². The first kappa shape index (κ1) is 39.4. The predicted molar refractivity (Wildman–Crippen MR) is 221 cm³/mol. The molecule has 1 atom stereocenters. The number of alkyl halides is 3. The van der Waals surface area contributed by atoms with Crippen molar-refractivity contribution in [2.75, 3.05) is 62.2 Å². The Morgan fingerprint density at radius 1 is 0.596 bits per heavy atom. The van der Waals surface area contributed by atoms with Crippen LogP contribution in [0.3, 0.4) is 0 Å². The smallest absolute Gasteiger partial charge is 0.368 e. The first-order valence-electron chi connectivity index (χ1n) is 19.6. The number of halogens is 3. The SMILES string of the molecule is O=C([C@H](Cc1ccccc1)N(Cc1ccc(N2CCN(c3ccccc3)CC2)cc1)C(=O)/C=C/c1ccc(C(F)(F)F)cc1)N1CCN(Cc2ccccc2)CC1. The summed E-state index contributed by atoms with van der Waals surface area (Å²) in [6.45, 7) is 7.03. The number of carbonyl (C=O) groups excluding carboxylic acids is 2. The van der Waals surface area contributed by atoms with Gasteiger partial charge in [-0.15, -0.1) is 0 Å². The van der Waals surface area contributed by atoms with E-state index in [-0.39, 0.29) is 12.5 Å². The molecular formula is C47H48F3N5O2. The molecule has 2 amide bonds. The van der Waals surface area contributed by atoms with E-state index < -0.39 is 23.7 Å². The maximum Gasteiger partial charge on any atom is 0.416 e. The quantitative estimate of drug-likeness (QED) is 0.120. The summed E-state index contributed by atoms with van der Waals surface area (Å²) in [5.41, 5.74) is 5.02. The van der Waals surface area contributed by atoms with E-state index in [2.05, 4.69) is 63.2 Å². The molecular weight excluding hydrogens is 724 g/mol. The normalized spacial score (nSPS) is 15.8. The third-order valence-corrected chi connectivity index (χ3v) is 10.9. The van der Waals surface area contributed by atoms with Gasteiger partial charge in [-0.25, -0.2) is 0 Å². The largest absolute Gasteiger partial charge is 0.416 e. The van der Waals surface area contributed by atoms with Gasteiger partial charge >= 0.3 is 6.18 Å². The van der Waals surface area contributed by atoms with E-state index in [1.807, 2.05) is 71.6 Å². The Hall–Kier alpha value is -5.87. The molecule has 7 nitrogen and oxygen atoms in total. The van der Waals surface area contributed by atoms with E-state index in [4.69, 9.17) is 0 Å². The molecule has 2 fully saturated rings. The Labute approximate surface area is 333 Å². The third-order valence-electron chi connectivity index (χ3n) is 10.9. The number of benzene rings is 5. The molecule has 0 aromatic heterocycles. The van der Waals surface area contributed by atoms with Gasteiger partial charge in [-0.05, 0) is 64.7 Å². The van der Waals surface area contributed by atoms with E-state index in [0.717, 1.165) is 61.7 Å². The summed E-state index contributed by atoms with van der Waals surface area (Å²) >= 11 is 0. The van der Waals surface area contributed by atoms with Crippen molar-refractivity contribution in [1.29, 1.82) is 0 Å². The molecule has 0 aliphatic carbocycles. The van der Waals surface area contributed by atoms with Gasteiger partial charge < -0.3 is 19.6 Å². The zero-order valence-electron chi connectivity index (χ0n) is 32.0. The van der Waals surface area contributed by atoms with Gasteiger partial charge in [0.05, 0.1) is 5.56 Å². The Bertz CT molecular complexity index is 2060. The van der Waals surface area contributed by atoms with Gasteiger partial charge in [-0.1, -0.05) is 103 Å². The summed E-state index contributed by atoms with van der Waals surface area (Å²) in [6.07, 6.45) is -1.27. The van der Waals surface area contributed by atoms with Crippen LogP contribution in [0.5, 0.6) is 0 Å². The van der Waals surface area contributed by atoms with Crippen molar-refractivity contribution in [3.05, 3.63) is 173 Å². The van der Waals surface area contributed by atoms with Crippen LogP contribution in [0.4, 0.5) is 24.5 Å². The summed E-state index contributed by atoms with van der Waals surface area (Å²) in [6, 6.07) is 42.5. The molecule has 2 heterocycles. The number of nitrogens with zero attached hydrogens (tertiary/aromatic N) is 5. The first-order valence-corrected chi connectivity index (χ1v) is 19.6. The van der Waals surface area contributed by atoms with E-state index >= 15 is 0 Å². The van der Waals surface area contributed by atoms with Gasteiger partial charge in [0, 0.05) is 89.3 Å². The molecule has 0 unspecified atom stereocenters. The van der Waals surface area contributed by atoms with Gasteiger partial charge in [-0.3, -0.25) is 14.5 Å². The van der Waals surface area contributed by atoms with E-state index in [0.29, 0.717) is 38.2 Å². The molecule has 2 aliphatic heterocycles. The number of hydrogen-bond donors (Lipinski definition) is 0. The van der Waals surface area contributed by atoms with Crippen LogP contribution in [-0.4, -0.2) is 84.9 Å². The number of hydrogen-bond acceptors (Lipinski definition) is 5. The molecule has 0 saturated carbocycles. The average Bonchev–Trinajstić information content (AvgIpc) is 3.25. The average molecular weight is 772 g/mol. The van der Waals surface area contributed by atoms with Crippen molar-refractivity contribution in [1.82, 2.24) is 14.7 Å². The molecule has 10 heteroatoms. The molecule has 0 N–H and O–H groups in total. The van der Waals surface area contributed by atoms with E-state index in [1.165, 1.54) is 35.5 Å². The van der Waals surface area contributed by atoms with Crippen LogP contribution in [0.2, 0.25) is 0 Å². The number of para-hydroxylation sites is 1. The lowest BCUT2D eigenvalue weighted by Crippen LogP contribution is -2.56. The van der Waals surface area contributed by atoms with Crippen LogP contribution in [0.25, 0.3) is 6.08 Å². The fraction of sp³-hybridized carbons (Fsp3) is 0.277. The van der Waals surface area contributed by atoms with Crippen molar-refractivity contribution >= 4 is 29.3 Å². The van der Waals surface area contributed by atoms with Crippen LogP contribution in [0.1, 0.15) is 27.8 Å². The van der Waals surface area contributed by atoms with Crippen molar-refractivity contribution in [2.45, 2.75) is 31.7 Å². The minimum atomic E-state index is -4.46. The highest BCUT2D eigenvalue weighted by atomic mass is 19.4. The fourth-order valence-electron chi connectivity index (χ4n) is 7.61. The van der Waals surface area contributed by atoms with Crippen LogP contribution < -0.4 is 9.80 Å². The van der Waals surface area contributed by atoms with Crippen molar-refractivity contribution in [3.8, 4) is 0 Å². The fourth-order valence-corrected chi connectivity index (χ4v) is 7.61. The van der Waals surface area contributed by atoms with E-state index in [1.54, 1.807) is 4.90 Å². The Morgan fingerprint density at radius 3 is 1.68 bits per heavy atom. The summed E-state index contributed by atoms with van der Waals surface area (Å²) < 4.78 is 39.8. The minimum Gasteiger partial charge on any atom is -0.368 e. The second-order valence-electron chi connectivity index (χ2n) is 14.7. The maximum atomic E-state index is 14.7. The highest BCUT2D eigenvalue weighted by molar-refractivity contribution is 5.95. The summed E-state index contributed by atoms with van der Waals surface area (Å²) in [4.78, 5) is 39.6. The lowest BCUT2D eigenvalue weighted by Gasteiger charge is -2.39. The summed E-state index contributed by atoms with van der Waals surface area (Å²) in [5, 5.41) is 0. The predicted octanol–water partition coefficient (Wildman–Crippen LogP) is 8.03. The highest BCUT2D eigenvalue weighted by Crippen LogP contribution is 2.29. The van der Waals surface area contributed by atoms with Crippen LogP contribution >= 0.6 is 0 Å². The van der Waals surface area contributed by atoms with Crippen LogP contribution in [-0.2, 0) is 35.3 Å². The molecule has 0 spiro atoms. The third kappa shape index (κ3) is 10.5. The van der Waals surface area contributed by atoms with Gasteiger partial charge in [0.1, 0.15) is 6.04 Å². The Balaban J connectivity index is 1.12. The summed E-state index contributed by atoms with van der Waals surface area (Å²) in [7, 11) is 0. The zero-order valence-corrected chi connectivity index (χ0v) is 32.0. The molecule has 0 bridgehead atoms. The van der Waals surface area contributed by atoms with Crippen molar-refractivity contribution in [3.63, 3.8) is 0 Å². The number of rotatable bonds is 12. The topological polar surface area (TPSA) is 50.3 Å². The number of amides is 2. The first-order chi connectivity index (χ1) is 27.7. The second-order valence-corrected chi connectivity index (χ2v) is 14.7. The zero-order chi connectivity index (χ0) is 39.6. The molecule has 2 aliphatic rings. The molecule has 7 rings (SSSR count). The van der Waals surface area contributed by atoms with Gasteiger partial charge in [-0.2, -0.15) is 13.2 Å². The van der Waals surface area contributed by atoms with Gasteiger partial charge in [0.15, 0.2) is 0 Å². The van der Waals surface area contributed by atoms with E-state index in [9.17, 15) is 22.8 Å². The molecule has 5 aromatic carbocycles. The second kappa shape index (κ2) is 18.4. The minimum absolute atomic E-state index is 0.123. The van der Waals surface area contributed by atoms with Gasteiger partial charge in [0.25, 0.3) is 0 Å². The molecule has 2 saturated heterocycles. The lowest BCUT2D eigenvalue weighted by atomic mass is 10.0. The van der Waals surface area contributed by atoms with Crippen LogP contribution in [0, 0.1) is 0 Å². The maximum absolute atomic E-state index is 14.7. The monoisotopic (exact) mass is 771 g/mol. The molecule has 294 valence electrons. The van der Waals surface area contributed by atoms with Crippen LogP contribution in [0.15, 0.2) is 146 Å². The molecule has 0 radical (unpaired) electrons. The molecule has 5 aromatic rings. The number of anilines is 2. The lowest BCUT2D eigenvalue weighted by molar-refractivity contribution is -0.145. The number of carbonyl (C=O) groups is 2. The summed E-state index contributed by atoms with van der Waals surface area (Å²) in [5.74, 6) is -0.518.